The van der Waals surface area contributed by atoms with Crippen molar-refractivity contribution < 1.29 is 42.1 Å². The number of carbonyl (C=O) groups excluding carboxylic acids is 2. The van der Waals surface area contributed by atoms with E-state index in [9.17, 15) is 19.0 Å². The number of rotatable bonds is 67. The molecule has 0 aliphatic rings. The van der Waals surface area contributed by atoms with Crippen LogP contribution in [0.25, 0.3) is 0 Å². The monoisotopic (exact) mass is 1180 g/mol. The van der Waals surface area contributed by atoms with E-state index >= 15 is 0 Å². The number of quaternary nitrogens is 1. The number of allylic oxidation sites excluding steroid dienone is 6. The number of phosphoric acid groups is 1. The van der Waals surface area contributed by atoms with Gasteiger partial charge >= 0.3 is 11.9 Å². The fourth-order valence-electron chi connectivity index (χ4n) is 10.6. The first kappa shape index (κ1) is 80.2. The molecule has 2 unspecified atom stereocenters. The molecular formula is C72H138NO8P. The number of hydrogen-bond donors (Lipinski definition) is 0. The van der Waals surface area contributed by atoms with Crippen molar-refractivity contribution >= 4 is 19.8 Å². The molecule has 10 heteroatoms. The van der Waals surface area contributed by atoms with Crippen molar-refractivity contribution in [2.75, 3.05) is 47.5 Å². The molecule has 0 aliphatic carbocycles. The number of hydrogen-bond acceptors (Lipinski definition) is 8. The molecule has 0 N–H and O–H groups in total. The van der Waals surface area contributed by atoms with E-state index in [-0.39, 0.29) is 32.0 Å². The number of carbonyl (C=O) groups is 2. The van der Waals surface area contributed by atoms with Crippen LogP contribution in [0.3, 0.4) is 0 Å². The van der Waals surface area contributed by atoms with Gasteiger partial charge < -0.3 is 27.9 Å². The highest BCUT2D eigenvalue weighted by atomic mass is 31.2. The largest absolute Gasteiger partial charge is 0.756 e. The van der Waals surface area contributed by atoms with Gasteiger partial charge in [-0.3, -0.25) is 14.2 Å². The van der Waals surface area contributed by atoms with Gasteiger partial charge in [0.25, 0.3) is 7.82 Å². The summed E-state index contributed by atoms with van der Waals surface area (Å²) in [6.45, 7) is 4.27. The van der Waals surface area contributed by atoms with Crippen LogP contribution < -0.4 is 4.89 Å². The van der Waals surface area contributed by atoms with E-state index in [1.165, 1.54) is 276 Å². The minimum atomic E-state index is -4.64. The Kier molecular flexibility index (Phi) is 62.3. The van der Waals surface area contributed by atoms with Crippen LogP contribution in [0.2, 0.25) is 0 Å². The molecule has 0 bridgehead atoms. The van der Waals surface area contributed by atoms with Gasteiger partial charge in [-0.1, -0.05) is 314 Å². The second-order valence-electron chi connectivity index (χ2n) is 25.6. The summed E-state index contributed by atoms with van der Waals surface area (Å²) in [4.78, 5) is 38.0. The molecule has 0 aromatic heterocycles. The summed E-state index contributed by atoms with van der Waals surface area (Å²) in [5.74, 6) is -0.820. The Morgan fingerprint density at radius 3 is 0.976 bits per heavy atom. The maximum Gasteiger partial charge on any atom is 0.306 e. The van der Waals surface area contributed by atoms with Crippen molar-refractivity contribution in [1.82, 2.24) is 0 Å². The first-order chi connectivity index (χ1) is 40.0. The Hall–Kier alpha value is -1.77. The lowest BCUT2D eigenvalue weighted by atomic mass is 10.0. The molecule has 0 radical (unpaired) electrons. The molecule has 0 amide bonds. The van der Waals surface area contributed by atoms with E-state index in [1.54, 1.807) is 0 Å². The highest BCUT2D eigenvalue weighted by Gasteiger charge is 2.22. The average molecular weight is 1180 g/mol. The first-order valence-electron chi connectivity index (χ1n) is 35.7. The SMILES string of the molecule is CCCCCCC/C=C\C/C=C\CCCCCCCCCCCCCCCCCCCCCCCCCCCCCCCC(=O)OC(COC(=O)CCCCCCCCC/C=C\CCCCCCCC)COP(=O)([O-])OCC[N+](C)(C)C. The summed E-state index contributed by atoms with van der Waals surface area (Å²) >= 11 is 0. The van der Waals surface area contributed by atoms with E-state index in [0.29, 0.717) is 17.4 Å². The zero-order chi connectivity index (χ0) is 59.8. The van der Waals surface area contributed by atoms with Gasteiger partial charge in [-0.2, -0.15) is 0 Å². The van der Waals surface area contributed by atoms with E-state index in [4.69, 9.17) is 18.5 Å². The Balaban J connectivity index is 3.86. The fraction of sp³-hybridized carbons (Fsp3) is 0.889. The minimum absolute atomic E-state index is 0.0287. The topological polar surface area (TPSA) is 111 Å². The van der Waals surface area contributed by atoms with Gasteiger partial charge in [-0.25, -0.2) is 0 Å². The summed E-state index contributed by atoms with van der Waals surface area (Å²) < 4.78 is 34.3. The smallest absolute Gasteiger partial charge is 0.306 e. The summed E-state index contributed by atoms with van der Waals surface area (Å²) in [5, 5.41) is 0. The van der Waals surface area contributed by atoms with Gasteiger partial charge in [-0.15, -0.1) is 0 Å². The minimum Gasteiger partial charge on any atom is -0.756 e. The van der Waals surface area contributed by atoms with Gasteiger partial charge in [0.05, 0.1) is 27.7 Å². The van der Waals surface area contributed by atoms with Crippen LogP contribution >= 0.6 is 7.82 Å². The molecule has 484 valence electrons. The van der Waals surface area contributed by atoms with Gasteiger partial charge in [0.1, 0.15) is 19.8 Å². The van der Waals surface area contributed by atoms with Crippen LogP contribution in [-0.4, -0.2) is 70.0 Å². The lowest BCUT2D eigenvalue weighted by Gasteiger charge is -2.28. The number of unbranched alkanes of at least 4 members (excludes halogenated alkanes) is 47. The molecule has 0 rings (SSSR count). The van der Waals surface area contributed by atoms with Crippen LogP contribution in [0, 0.1) is 0 Å². The molecule has 0 spiro atoms. The van der Waals surface area contributed by atoms with Crippen LogP contribution in [0.1, 0.15) is 361 Å². The normalized spacial score (nSPS) is 13.3. The standard InChI is InChI=1S/C72H138NO8P/c1-6-8-10-12-14-16-18-20-22-24-25-26-27-28-29-30-31-32-33-34-35-36-37-38-39-40-41-42-43-44-45-46-47-49-51-53-55-57-59-61-63-65-72(75)81-70(69-80-82(76,77)79-67-66-73(3,4)5)68-78-71(74)64-62-60-58-56-54-52-50-48-23-21-19-17-15-13-11-9-7-2/h18,20-21,23-25,70H,6-17,19,22,26-69H2,1-5H3/b20-18-,23-21-,25-24-. The number of phosphoric ester groups is 1. The second kappa shape index (κ2) is 63.7. The van der Waals surface area contributed by atoms with Crippen LogP contribution in [-0.2, 0) is 32.7 Å². The van der Waals surface area contributed by atoms with Crippen LogP contribution in [0.15, 0.2) is 36.5 Å². The van der Waals surface area contributed by atoms with Gasteiger partial charge in [-0.05, 0) is 70.6 Å². The third-order valence-electron chi connectivity index (χ3n) is 16.1. The number of likely N-dealkylation sites (N-methyl/N-ethyl adjacent to an activating group) is 1. The molecule has 0 aliphatic heterocycles. The molecular weight excluding hydrogens is 1040 g/mol. The van der Waals surface area contributed by atoms with Crippen LogP contribution in [0.5, 0.6) is 0 Å². The molecule has 0 fully saturated rings. The van der Waals surface area contributed by atoms with Gasteiger partial charge in [0, 0.05) is 12.8 Å². The zero-order valence-electron chi connectivity index (χ0n) is 55.2. The number of nitrogens with zero attached hydrogens (tertiary/aromatic N) is 1. The van der Waals surface area contributed by atoms with Crippen molar-refractivity contribution in [3.63, 3.8) is 0 Å². The summed E-state index contributed by atoms with van der Waals surface area (Å²) in [5.41, 5.74) is 0. The molecule has 0 saturated heterocycles. The Morgan fingerprint density at radius 2 is 0.659 bits per heavy atom. The third kappa shape index (κ3) is 67.4. The summed E-state index contributed by atoms with van der Waals surface area (Å²) in [6, 6.07) is 0. The quantitative estimate of drug-likeness (QED) is 0.0195. The van der Waals surface area contributed by atoms with E-state index < -0.39 is 26.5 Å². The van der Waals surface area contributed by atoms with Crippen LogP contribution in [0.4, 0.5) is 0 Å². The van der Waals surface area contributed by atoms with Gasteiger partial charge in [0.2, 0.25) is 0 Å². The molecule has 82 heavy (non-hydrogen) atoms. The second-order valence-corrected chi connectivity index (χ2v) is 27.0. The molecule has 0 heterocycles. The lowest BCUT2D eigenvalue weighted by Crippen LogP contribution is -2.37. The maximum absolute atomic E-state index is 12.8. The zero-order valence-corrected chi connectivity index (χ0v) is 56.1. The molecule has 9 nitrogen and oxygen atoms in total. The van der Waals surface area contributed by atoms with Crippen molar-refractivity contribution in [3.8, 4) is 0 Å². The van der Waals surface area contributed by atoms with Crippen molar-refractivity contribution in [1.29, 1.82) is 0 Å². The first-order valence-corrected chi connectivity index (χ1v) is 37.2. The predicted octanol–water partition coefficient (Wildman–Crippen LogP) is 22.4. The number of esters is 2. The molecule has 0 saturated carbocycles. The highest BCUT2D eigenvalue weighted by Crippen LogP contribution is 2.38. The third-order valence-corrected chi connectivity index (χ3v) is 17.1. The maximum atomic E-state index is 12.8. The molecule has 0 aromatic rings. The van der Waals surface area contributed by atoms with E-state index in [1.807, 2.05) is 21.1 Å². The van der Waals surface area contributed by atoms with Crippen molar-refractivity contribution in [2.45, 2.75) is 367 Å². The Bertz CT molecular complexity index is 1480. The predicted molar refractivity (Wildman–Crippen MR) is 351 cm³/mol. The van der Waals surface area contributed by atoms with E-state index in [2.05, 4.69) is 50.3 Å². The van der Waals surface area contributed by atoms with E-state index in [0.717, 1.165) is 51.4 Å². The lowest BCUT2D eigenvalue weighted by molar-refractivity contribution is -0.870. The highest BCUT2D eigenvalue weighted by molar-refractivity contribution is 7.45. The average Bonchev–Trinajstić information content (AvgIpc) is 3.45. The van der Waals surface area contributed by atoms with Gasteiger partial charge in [0.15, 0.2) is 6.10 Å². The molecule has 0 aromatic carbocycles. The number of ether oxygens (including phenoxy) is 2. The summed E-state index contributed by atoms with van der Waals surface area (Å²) in [6.07, 6.45) is 81.1. The Morgan fingerprint density at radius 1 is 0.378 bits per heavy atom. The summed E-state index contributed by atoms with van der Waals surface area (Å²) in [7, 11) is 1.18. The van der Waals surface area contributed by atoms with Crippen molar-refractivity contribution in [3.05, 3.63) is 36.5 Å². The fourth-order valence-corrected chi connectivity index (χ4v) is 11.4. The molecule has 2 atom stereocenters. The van der Waals surface area contributed by atoms with Crippen molar-refractivity contribution in [2.24, 2.45) is 0 Å². The Labute approximate surface area is 510 Å².